The molecule has 2 N–H and O–H groups in total. The number of rotatable bonds is 4. The molecule has 0 radical (unpaired) electrons. The first-order chi connectivity index (χ1) is 12.8. The van der Waals surface area contributed by atoms with Crippen molar-refractivity contribution in [1.29, 1.82) is 0 Å². The van der Waals surface area contributed by atoms with Crippen LogP contribution in [0.5, 0.6) is 0 Å². The fourth-order valence-corrected chi connectivity index (χ4v) is 2.83. The number of hydrogen-bond acceptors (Lipinski definition) is 4. The maximum absolute atomic E-state index is 12.7. The van der Waals surface area contributed by atoms with Crippen LogP contribution in [-0.2, 0) is 5.41 Å². The summed E-state index contributed by atoms with van der Waals surface area (Å²) in [5.41, 5.74) is 4.11. The number of hydrogen-bond donors (Lipinski definition) is 2. The number of amides is 1. The molecular weight excluding hydrogens is 336 g/mol. The molecule has 5 heteroatoms. The average Bonchev–Trinajstić information content (AvgIpc) is 2.61. The van der Waals surface area contributed by atoms with Gasteiger partial charge in [-0.25, -0.2) is 9.97 Å². The largest absolute Gasteiger partial charge is 0.324 e. The van der Waals surface area contributed by atoms with Crippen LogP contribution in [-0.4, -0.2) is 15.9 Å². The van der Waals surface area contributed by atoms with Crippen molar-refractivity contribution in [2.45, 2.75) is 33.1 Å². The molecule has 0 saturated carbocycles. The first-order valence-corrected chi connectivity index (χ1v) is 8.90. The minimum Gasteiger partial charge on any atom is -0.324 e. The molecule has 0 bridgehead atoms. The van der Waals surface area contributed by atoms with Gasteiger partial charge in [-0.2, -0.15) is 0 Å². The zero-order valence-electron chi connectivity index (χ0n) is 16.1. The highest BCUT2D eigenvalue weighted by Gasteiger charge is 2.19. The topological polar surface area (TPSA) is 66.9 Å². The quantitative estimate of drug-likeness (QED) is 0.681. The Balaban J connectivity index is 1.81. The van der Waals surface area contributed by atoms with Gasteiger partial charge in [0.1, 0.15) is 5.69 Å². The van der Waals surface area contributed by atoms with Crippen molar-refractivity contribution < 1.29 is 4.79 Å². The number of benzene rings is 2. The Morgan fingerprint density at radius 3 is 2.52 bits per heavy atom. The molecule has 0 unspecified atom stereocenters. The predicted octanol–water partition coefficient (Wildman–Crippen LogP) is 5.08. The number of anilines is 3. The molecule has 1 heterocycles. The molecule has 1 amide bonds. The lowest BCUT2D eigenvalue weighted by Crippen LogP contribution is -2.19. The molecule has 138 valence electrons. The van der Waals surface area contributed by atoms with Crippen molar-refractivity contribution in [3.05, 3.63) is 77.6 Å². The average molecular weight is 360 g/mol. The standard InChI is InChI=1S/C22H24N4O/c1-15-8-7-9-16(14-15)24-21-23-13-12-19(26-21)20(27)25-18-11-6-5-10-17(18)22(2,3)4/h5-14H,1-4H3,(H,25,27)(H,23,24,26). The number of aryl methyl sites for hydroxylation is 1. The third kappa shape index (κ3) is 4.70. The number of aromatic nitrogens is 2. The molecule has 1 aromatic heterocycles. The molecule has 0 aliphatic carbocycles. The first-order valence-electron chi connectivity index (χ1n) is 8.90. The van der Waals surface area contributed by atoms with Crippen molar-refractivity contribution >= 4 is 23.2 Å². The minimum absolute atomic E-state index is 0.0760. The van der Waals surface area contributed by atoms with Gasteiger partial charge in [0.25, 0.3) is 5.91 Å². The molecule has 0 spiro atoms. The fraction of sp³-hybridized carbons (Fsp3) is 0.227. The summed E-state index contributed by atoms with van der Waals surface area (Å²) < 4.78 is 0. The monoisotopic (exact) mass is 360 g/mol. The Labute approximate surface area is 159 Å². The highest BCUT2D eigenvalue weighted by Crippen LogP contribution is 2.29. The van der Waals surface area contributed by atoms with E-state index in [1.165, 1.54) is 0 Å². The van der Waals surface area contributed by atoms with Crippen LogP contribution in [0, 0.1) is 6.92 Å². The minimum atomic E-state index is -0.263. The van der Waals surface area contributed by atoms with E-state index in [1.54, 1.807) is 12.3 Å². The molecule has 0 atom stereocenters. The summed E-state index contributed by atoms with van der Waals surface area (Å²) in [6.45, 7) is 8.37. The number of carbonyl (C=O) groups excluding carboxylic acids is 1. The fourth-order valence-electron chi connectivity index (χ4n) is 2.83. The van der Waals surface area contributed by atoms with E-state index in [4.69, 9.17) is 0 Å². The van der Waals surface area contributed by atoms with Crippen LogP contribution in [0.4, 0.5) is 17.3 Å². The van der Waals surface area contributed by atoms with Gasteiger partial charge in [0.15, 0.2) is 0 Å². The van der Waals surface area contributed by atoms with Gasteiger partial charge in [0.2, 0.25) is 5.95 Å². The Hall–Kier alpha value is -3.21. The lowest BCUT2D eigenvalue weighted by atomic mass is 9.86. The van der Waals surface area contributed by atoms with Crippen LogP contribution in [0.2, 0.25) is 0 Å². The highest BCUT2D eigenvalue weighted by molar-refractivity contribution is 6.03. The summed E-state index contributed by atoms with van der Waals surface area (Å²) in [7, 11) is 0. The summed E-state index contributed by atoms with van der Waals surface area (Å²) in [4.78, 5) is 21.3. The van der Waals surface area contributed by atoms with Crippen LogP contribution in [0.15, 0.2) is 60.8 Å². The van der Waals surface area contributed by atoms with E-state index in [1.807, 2.05) is 55.5 Å². The van der Waals surface area contributed by atoms with Gasteiger partial charge < -0.3 is 10.6 Å². The number of para-hydroxylation sites is 1. The molecule has 27 heavy (non-hydrogen) atoms. The van der Waals surface area contributed by atoms with Gasteiger partial charge in [-0.3, -0.25) is 4.79 Å². The van der Waals surface area contributed by atoms with Crippen LogP contribution >= 0.6 is 0 Å². The van der Waals surface area contributed by atoms with Crippen molar-refractivity contribution in [3.63, 3.8) is 0 Å². The Morgan fingerprint density at radius 2 is 1.78 bits per heavy atom. The summed E-state index contributed by atoms with van der Waals surface area (Å²) >= 11 is 0. The third-order valence-corrected chi connectivity index (χ3v) is 4.15. The normalized spacial score (nSPS) is 11.1. The molecule has 0 aliphatic rings. The van der Waals surface area contributed by atoms with E-state index in [2.05, 4.69) is 41.4 Å². The van der Waals surface area contributed by atoms with Crippen molar-refractivity contribution in [1.82, 2.24) is 9.97 Å². The lowest BCUT2D eigenvalue weighted by Gasteiger charge is -2.22. The summed E-state index contributed by atoms with van der Waals surface area (Å²) in [6.07, 6.45) is 1.58. The SMILES string of the molecule is Cc1cccc(Nc2nccc(C(=O)Nc3ccccc3C(C)(C)C)n2)c1. The van der Waals surface area contributed by atoms with Crippen molar-refractivity contribution in [3.8, 4) is 0 Å². The van der Waals surface area contributed by atoms with Crippen molar-refractivity contribution in [2.75, 3.05) is 10.6 Å². The van der Waals surface area contributed by atoms with Gasteiger partial charge in [0, 0.05) is 17.6 Å². The number of carbonyl (C=O) groups is 1. The Morgan fingerprint density at radius 1 is 1.00 bits per heavy atom. The molecular formula is C22H24N4O. The number of nitrogens with zero attached hydrogens (tertiary/aromatic N) is 2. The van der Waals surface area contributed by atoms with Crippen molar-refractivity contribution in [2.24, 2.45) is 0 Å². The molecule has 2 aromatic carbocycles. The van der Waals surface area contributed by atoms with Gasteiger partial charge >= 0.3 is 0 Å². The lowest BCUT2D eigenvalue weighted by molar-refractivity contribution is 0.102. The first kappa shape index (κ1) is 18.6. The van der Waals surface area contributed by atoms with Crippen LogP contribution < -0.4 is 10.6 Å². The van der Waals surface area contributed by atoms with Crippen LogP contribution in [0.1, 0.15) is 42.4 Å². The Kier molecular flexibility index (Phi) is 5.21. The highest BCUT2D eigenvalue weighted by atomic mass is 16.1. The molecule has 5 nitrogen and oxygen atoms in total. The Bertz CT molecular complexity index is 960. The van der Waals surface area contributed by atoms with Gasteiger partial charge in [0.05, 0.1) is 0 Å². The molecule has 3 rings (SSSR count). The molecule has 0 saturated heterocycles. The maximum atomic E-state index is 12.7. The summed E-state index contributed by atoms with van der Waals surface area (Å²) in [6, 6.07) is 17.3. The zero-order chi connectivity index (χ0) is 19.4. The summed E-state index contributed by atoms with van der Waals surface area (Å²) in [5, 5.41) is 6.11. The van der Waals surface area contributed by atoms with Gasteiger partial charge in [-0.15, -0.1) is 0 Å². The number of nitrogens with one attached hydrogen (secondary N) is 2. The van der Waals surface area contributed by atoms with Crippen LogP contribution in [0.25, 0.3) is 0 Å². The molecule has 0 fully saturated rings. The van der Waals surface area contributed by atoms with E-state index in [9.17, 15) is 4.79 Å². The zero-order valence-corrected chi connectivity index (χ0v) is 16.1. The maximum Gasteiger partial charge on any atom is 0.274 e. The van der Waals surface area contributed by atoms with Gasteiger partial charge in [-0.1, -0.05) is 51.1 Å². The second-order valence-electron chi connectivity index (χ2n) is 7.51. The third-order valence-electron chi connectivity index (χ3n) is 4.15. The van der Waals surface area contributed by atoms with Gasteiger partial charge in [-0.05, 0) is 47.7 Å². The molecule has 0 aliphatic heterocycles. The predicted molar refractivity (Wildman–Crippen MR) is 110 cm³/mol. The van der Waals surface area contributed by atoms with E-state index >= 15 is 0 Å². The second-order valence-corrected chi connectivity index (χ2v) is 7.51. The van der Waals surface area contributed by atoms with E-state index < -0.39 is 0 Å². The van der Waals surface area contributed by atoms with Crippen LogP contribution in [0.3, 0.4) is 0 Å². The van der Waals surface area contributed by atoms with E-state index in [0.717, 1.165) is 22.5 Å². The van der Waals surface area contributed by atoms with E-state index in [0.29, 0.717) is 11.6 Å². The summed E-state index contributed by atoms with van der Waals surface area (Å²) in [5.74, 6) is 0.124. The second kappa shape index (κ2) is 7.58. The molecule has 3 aromatic rings. The smallest absolute Gasteiger partial charge is 0.274 e. The van der Waals surface area contributed by atoms with E-state index in [-0.39, 0.29) is 11.3 Å².